The molecule has 0 atom stereocenters. The summed E-state index contributed by atoms with van der Waals surface area (Å²) < 4.78 is 15.1. The van der Waals surface area contributed by atoms with Crippen LogP contribution in [0.2, 0.25) is 0 Å². The molecule has 0 radical (unpaired) electrons. The minimum Gasteiger partial charge on any atom is -0.466 e. The third kappa shape index (κ3) is 4.98. The van der Waals surface area contributed by atoms with Crippen LogP contribution >= 0.6 is 0 Å². The van der Waals surface area contributed by atoms with Crippen LogP contribution in [-0.2, 0) is 19.1 Å². The van der Waals surface area contributed by atoms with Crippen molar-refractivity contribution in [1.82, 2.24) is 9.88 Å². The SMILES string of the molecule is COC(=O)C1=C(Nc2ccc(Oc3cc(C(=O)OC)ccn3)cc2)C(=O)N(CCO)C1. The number of amides is 1. The third-order valence-electron chi connectivity index (χ3n) is 4.46. The zero-order valence-electron chi connectivity index (χ0n) is 17.0. The summed E-state index contributed by atoms with van der Waals surface area (Å²) in [4.78, 5) is 41.6. The van der Waals surface area contributed by atoms with Crippen LogP contribution in [0.3, 0.4) is 0 Å². The zero-order chi connectivity index (χ0) is 22.4. The summed E-state index contributed by atoms with van der Waals surface area (Å²) in [7, 11) is 2.52. The van der Waals surface area contributed by atoms with Gasteiger partial charge in [-0.05, 0) is 30.3 Å². The zero-order valence-corrected chi connectivity index (χ0v) is 17.0. The number of aromatic nitrogens is 1. The number of hydrogen-bond donors (Lipinski definition) is 2. The third-order valence-corrected chi connectivity index (χ3v) is 4.46. The minimum absolute atomic E-state index is 0.0534. The van der Waals surface area contributed by atoms with Crippen molar-refractivity contribution in [3.8, 4) is 11.6 Å². The fourth-order valence-electron chi connectivity index (χ4n) is 2.93. The standard InChI is InChI=1S/C21H21N3O7/c1-29-20(27)13-7-8-22-17(11-13)31-15-5-3-14(4-6-15)23-18-16(21(28)30-2)12-24(9-10-25)19(18)26/h3-8,11,23,25H,9-10,12H2,1-2H3. The van der Waals surface area contributed by atoms with Crippen LogP contribution in [0.1, 0.15) is 10.4 Å². The first-order valence-electron chi connectivity index (χ1n) is 9.27. The molecule has 0 saturated carbocycles. The van der Waals surface area contributed by atoms with Crippen LogP contribution in [0, 0.1) is 0 Å². The Morgan fingerprint density at radius 2 is 1.84 bits per heavy atom. The summed E-state index contributed by atoms with van der Waals surface area (Å²) in [5.41, 5.74) is 1.13. The quantitative estimate of drug-likeness (QED) is 0.600. The molecule has 162 valence electrons. The van der Waals surface area contributed by atoms with E-state index in [2.05, 4.69) is 15.0 Å². The Bertz CT molecular complexity index is 1020. The number of β-amino-alcohol motifs (C(OH)–C–C–N with tert-alkyl or cyclic N) is 1. The summed E-state index contributed by atoms with van der Waals surface area (Å²) >= 11 is 0. The fraction of sp³-hybridized carbons (Fsp3) is 0.238. The van der Waals surface area contributed by atoms with Gasteiger partial charge >= 0.3 is 11.9 Å². The number of anilines is 1. The van der Waals surface area contributed by atoms with Crippen LogP contribution in [0.25, 0.3) is 0 Å². The molecule has 0 fully saturated rings. The van der Waals surface area contributed by atoms with E-state index >= 15 is 0 Å². The Morgan fingerprint density at radius 3 is 2.48 bits per heavy atom. The van der Waals surface area contributed by atoms with Gasteiger partial charge < -0.3 is 29.5 Å². The molecule has 2 heterocycles. The van der Waals surface area contributed by atoms with Gasteiger partial charge in [0.15, 0.2) is 0 Å². The van der Waals surface area contributed by atoms with Gasteiger partial charge in [-0.15, -0.1) is 0 Å². The second-order valence-electron chi connectivity index (χ2n) is 6.42. The Hall–Kier alpha value is -3.92. The van der Waals surface area contributed by atoms with Gasteiger partial charge in [0.05, 0.1) is 38.5 Å². The van der Waals surface area contributed by atoms with E-state index in [9.17, 15) is 14.4 Å². The lowest BCUT2D eigenvalue weighted by molar-refractivity contribution is -0.136. The molecule has 1 aromatic heterocycles. The second kappa shape index (κ2) is 9.72. The lowest BCUT2D eigenvalue weighted by Gasteiger charge is -2.15. The van der Waals surface area contributed by atoms with E-state index in [1.807, 2.05) is 0 Å². The number of nitrogens with zero attached hydrogens (tertiary/aromatic N) is 2. The molecule has 1 aromatic carbocycles. The number of carbonyl (C=O) groups is 3. The molecule has 0 bridgehead atoms. The van der Waals surface area contributed by atoms with E-state index in [0.29, 0.717) is 17.0 Å². The topological polar surface area (TPSA) is 127 Å². The number of nitrogens with one attached hydrogen (secondary N) is 1. The van der Waals surface area contributed by atoms with Crippen LogP contribution < -0.4 is 10.1 Å². The number of benzene rings is 1. The number of esters is 2. The van der Waals surface area contributed by atoms with Gasteiger partial charge in [0.25, 0.3) is 5.91 Å². The smallest absolute Gasteiger partial charge is 0.338 e. The normalized spacial score (nSPS) is 13.3. The molecule has 10 heteroatoms. The first kappa shape index (κ1) is 21.8. The first-order chi connectivity index (χ1) is 15.0. The number of ether oxygens (including phenoxy) is 3. The van der Waals surface area contributed by atoms with Crippen LogP contribution in [-0.4, -0.2) is 66.8 Å². The van der Waals surface area contributed by atoms with Crippen molar-refractivity contribution < 1.29 is 33.7 Å². The number of hydrogen-bond acceptors (Lipinski definition) is 9. The highest BCUT2D eigenvalue weighted by atomic mass is 16.5. The molecule has 0 aliphatic carbocycles. The van der Waals surface area contributed by atoms with Gasteiger partial charge in [-0.25, -0.2) is 14.6 Å². The van der Waals surface area contributed by atoms with Crippen molar-refractivity contribution in [3.05, 3.63) is 59.4 Å². The average Bonchev–Trinajstić information content (AvgIpc) is 3.09. The lowest BCUT2D eigenvalue weighted by atomic mass is 10.2. The maximum atomic E-state index is 12.6. The maximum Gasteiger partial charge on any atom is 0.338 e. The second-order valence-corrected chi connectivity index (χ2v) is 6.42. The van der Waals surface area contributed by atoms with Gasteiger partial charge in [0.1, 0.15) is 11.4 Å². The van der Waals surface area contributed by atoms with Gasteiger partial charge in [-0.2, -0.15) is 0 Å². The molecular formula is C21H21N3O7. The summed E-state index contributed by atoms with van der Waals surface area (Å²) in [6, 6.07) is 9.55. The number of rotatable bonds is 8. The van der Waals surface area contributed by atoms with Crippen molar-refractivity contribution in [2.75, 3.05) is 39.2 Å². The molecule has 10 nitrogen and oxygen atoms in total. The van der Waals surface area contributed by atoms with E-state index in [4.69, 9.17) is 14.6 Å². The molecule has 31 heavy (non-hydrogen) atoms. The molecule has 1 aliphatic heterocycles. The van der Waals surface area contributed by atoms with Crippen molar-refractivity contribution >= 4 is 23.5 Å². The largest absolute Gasteiger partial charge is 0.466 e. The molecule has 3 rings (SSSR count). The molecule has 0 spiro atoms. The van der Waals surface area contributed by atoms with E-state index in [-0.39, 0.29) is 36.8 Å². The molecule has 2 aromatic rings. The summed E-state index contributed by atoms with van der Waals surface area (Å²) in [5.74, 6) is -0.865. The van der Waals surface area contributed by atoms with Crippen LogP contribution in [0.15, 0.2) is 53.9 Å². The summed E-state index contributed by atoms with van der Waals surface area (Å²) in [5, 5.41) is 12.1. The van der Waals surface area contributed by atoms with Crippen molar-refractivity contribution in [2.24, 2.45) is 0 Å². The molecule has 1 aliphatic rings. The molecule has 0 unspecified atom stereocenters. The van der Waals surface area contributed by atoms with Gasteiger partial charge in [-0.1, -0.05) is 0 Å². The Labute approximate surface area is 178 Å². The first-order valence-corrected chi connectivity index (χ1v) is 9.27. The molecule has 2 N–H and O–H groups in total. The molecule has 0 saturated heterocycles. The van der Waals surface area contributed by atoms with Gasteiger partial charge in [0, 0.05) is 24.5 Å². The van der Waals surface area contributed by atoms with Crippen LogP contribution in [0.5, 0.6) is 11.6 Å². The highest BCUT2D eigenvalue weighted by Crippen LogP contribution is 2.26. The highest BCUT2D eigenvalue weighted by molar-refractivity contribution is 6.08. The highest BCUT2D eigenvalue weighted by Gasteiger charge is 2.34. The van der Waals surface area contributed by atoms with Crippen molar-refractivity contribution in [2.45, 2.75) is 0 Å². The van der Waals surface area contributed by atoms with E-state index < -0.39 is 17.8 Å². The summed E-state index contributed by atoms with van der Waals surface area (Å²) in [6.07, 6.45) is 1.43. The number of aliphatic hydroxyl groups is 1. The lowest BCUT2D eigenvalue weighted by Crippen LogP contribution is -2.31. The maximum absolute atomic E-state index is 12.6. The minimum atomic E-state index is -0.618. The Balaban J connectivity index is 1.74. The number of carbonyl (C=O) groups excluding carboxylic acids is 3. The average molecular weight is 427 g/mol. The van der Waals surface area contributed by atoms with Gasteiger partial charge in [0.2, 0.25) is 5.88 Å². The monoisotopic (exact) mass is 427 g/mol. The van der Waals surface area contributed by atoms with E-state index in [1.165, 1.54) is 37.4 Å². The molecule has 1 amide bonds. The van der Waals surface area contributed by atoms with Crippen LogP contribution in [0.4, 0.5) is 5.69 Å². The molecular weight excluding hydrogens is 406 g/mol. The van der Waals surface area contributed by atoms with Crippen molar-refractivity contribution in [1.29, 1.82) is 0 Å². The summed E-state index contributed by atoms with van der Waals surface area (Å²) in [6.45, 7) is -0.0581. The number of methoxy groups -OCH3 is 2. The predicted molar refractivity (Wildman–Crippen MR) is 108 cm³/mol. The Morgan fingerprint density at radius 1 is 1.13 bits per heavy atom. The van der Waals surface area contributed by atoms with Crippen molar-refractivity contribution in [3.63, 3.8) is 0 Å². The predicted octanol–water partition coefficient (Wildman–Crippen LogP) is 1.33. The van der Waals surface area contributed by atoms with E-state index in [1.54, 1.807) is 24.3 Å². The van der Waals surface area contributed by atoms with E-state index in [0.717, 1.165) is 0 Å². The fourth-order valence-corrected chi connectivity index (χ4v) is 2.93. The number of aliphatic hydroxyl groups excluding tert-OH is 1. The Kier molecular flexibility index (Phi) is 6.83. The number of pyridine rings is 1. The van der Waals surface area contributed by atoms with Gasteiger partial charge in [-0.3, -0.25) is 4.79 Å².